The van der Waals surface area contributed by atoms with Gasteiger partial charge in [0, 0.05) is 18.0 Å². The molecule has 0 saturated heterocycles. The Balaban J connectivity index is 1.91. The highest BCUT2D eigenvalue weighted by Gasteiger charge is 2.15. The summed E-state index contributed by atoms with van der Waals surface area (Å²) in [6, 6.07) is 11.4. The first-order valence-corrected chi connectivity index (χ1v) is 8.78. The van der Waals surface area contributed by atoms with Gasteiger partial charge in [0.1, 0.15) is 5.75 Å². The lowest BCUT2D eigenvalue weighted by atomic mass is 10.00. The quantitative estimate of drug-likeness (QED) is 0.739. The van der Waals surface area contributed by atoms with E-state index in [4.69, 9.17) is 4.74 Å². The highest BCUT2D eigenvalue weighted by molar-refractivity contribution is 7.10. The van der Waals surface area contributed by atoms with Gasteiger partial charge in [0.2, 0.25) is 0 Å². The molecule has 0 spiro atoms. The second kappa shape index (κ2) is 9.33. The van der Waals surface area contributed by atoms with Crippen molar-refractivity contribution in [2.24, 2.45) is 0 Å². The summed E-state index contributed by atoms with van der Waals surface area (Å²) in [5.74, 6) is 0.767. The average molecular weight is 333 g/mol. The van der Waals surface area contributed by atoms with Gasteiger partial charge < -0.3 is 15.2 Å². The molecule has 1 atom stereocenters. The Bertz CT molecular complexity index is 598. The number of amides is 1. The van der Waals surface area contributed by atoms with Crippen molar-refractivity contribution in [2.75, 3.05) is 19.8 Å². The molecule has 0 saturated carbocycles. The first-order chi connectivity index (χ1) is 11.3. The van der Waals surface area contributed by atoms with E-state index in [2.05, 4.69) is 11.4 Å². The van der Waals surface area contributed by atoms with Crippen molar-refractivity contribution in [2.45, 2.75) is 25.7 Å². The predicted octanol–water partition coefficient (Wildman–Crippen LogP) is 3.43. The van der Waals surface area contributed by atoms with Crippen molar-refractivity contribution in [3.05, 3.63) is 52.2 Å². The first kappa shape index (κ1) is 17.5. The van der Waals surface area contributed by atoms with Gasteiger partial charge in [0.25, 0.3) is 5.91 Å². The SMILES string of the molecule is CCOc1ccccc1C(=O)NCCC(CCO)c1cccs1. The van der Waals surface area contributed by atoms with Gasteiger partial charge in [-0.2, -0.15) is 0 Å². The third-order valence-corrected chi connectivity index (χ3v) is 4.67. The lowest BCUT2D eigenvalue weighted by Gasteiger charge is -2.15. The number of carbonyl (C=O) groups is 1. The number of aliphatic hydroxyl groups excluding tert-OH is 1. The Morgan fingerprint density at radius 1 is 1.26 bits per heavy atom. The zero-order chi connectivity index (χ0) is 16.5. The molecule has 1 unspecified atom stereocenters. The van der Waals surface area contributed by atoms with Gasteiger partial charge >= 0.3 is 0 Å². The third kappa shape index (κ3) is 5.08. The van der Waals surface area contributed by atoms with Crippen LogP contribution in [0.2, 0.25) is 0 Å². The van der Waals surface area contributed by atoms with E-state index in [0.717, 1.165) is 6.42 Å². The lowest BCUT2D eigenvalue weighted by Crippen LogP contribution is -2.26. The Morgan fingerprint density at radius 3 is 2.78 bits per heavy atom. The van der Waals surface area contributed by atoms with Crippen LogP contribution in [0.3, 0.4) is 0 Å². The summed E-state index contributed by atoms with van der Waals surface area (Å²) in [5.41, 5.74) is 0.559. The minimum atomic E-state index is -0.122. The number of ether oxygens (including phenoxy) is 1. The second-order valence-corrected chi connectivity index (χ2v) is 6.18. The second-order valence-electron chi connectivity index (χ2n) is 5.20. The van der Waals surface area contributed by atoms with Crippen LogP contribution >= 0.6 is 11.3 Å². The number of hydrogen-bond donors (Lipinski definition) is 2. The van der Waals surface area contributed by atoms with E-state index in [0.29, 0.717) is 30.9 Å². The van der Waals surface area contributed by atoms with E-state index < -0.39 is 0 Å². The molecule has 2 N–H and O–H groups in total. The molecular weight excluding hydrogens is 310 g/mol. The maximum Gasteiger partial charge on any atom is 0.255 e. The van der Waals surface area contributed by atoms with Crippen LogP contribution in [0.5, 0.6) is 5.75 Å². The Hall–Kier alpha value is -1.85. The van der Waals surface area contributed by atoms with Crippen LogP contribution in [0, 0.1) is 0 Å². The molecule has 0 fully saturated rings. The van der Waals surface area contributed by atoms with E-state index in [1.807, 2.05) is 30.5 Å². The monoisotopic (exact) mass is 333 g/mol. The summed E-state index contributed by atoms with van der Waals surface area (Å²) in [7, 11) is 0. The molecule has 1 aromatic carbocycles. The highest BCUT2D eigenvalue weighted by Crippen LogP contribution is 2.27. The summed E-state index contributed by atoms with van der Waals surface area (Å²) in [5, 5.41) is 14.2. The van der Waals surface area contributed by atoms with E-state index in [1.54, 1.807) is 23.5 Å². The number of rotatable bonds is 9. The summed E-state index contributed by atoms with van der Waals surface area (Å²) in [6.45, 7) is 3.15. The lowest BCUT2D eigenvalue weighted by molar-refractivity contribution is 0.0948. The number of aliphatic hydroxyl groups is 1. The number of para-hydroxylation sites is 1. The molecule has 4 nitrogen and oxygen atoms in total. The number of nitrogens with one attached hydrogen (secondary N) is 1. The molecule has 2 rings (SSSR count). The molecule has 0 radical (unpaired) electrons. The predicted molar refractivity (Wildman–Crippen MR) is 93.3 cm³/mol. The van der Waals surface area contributed by atoms with Crippen molar-refractivity contribution in [1.29, 1.82) is 0 Å². The van der Waals surface area contributed by atoms with Crippen LogP contribution in [-0.2, 0) is 0 Å². The molecule has 0 bridgehead atoms. The molecule has 23 heavy (non-hydrogen) atoms. The normalized spacial score (nSPS) is 11.9. The molecule has 1 amide bonds. The molecule has 1 aromatic heterocycles. The number of hydrogen-bond acceptors (Lipinski definition) is 4. The van der Waals surface area contributed by atoms with E-state index in [1.165, 1.54) is 4.88 Å². The van der Waals surface area contributed by atoms with Crippen molar-refractivity contribution in [1.82, 2.24) is 5.32 Å². The van der Waals surface area contributed by atoms with Gasteiger partial charge in [-0.25, -0.2) is 0 Å². The molecule has 2 aromatic rings. The summed E-state index contributed by atoms with van der Waals surface area (Å²) < 4.78 is 5.49. The zero-order valence-corrected chi connectivity index (χ0v) is 14.1. The zero-order valence-electron chi connectivity index (χ0n) is 13.3. The molecular formula is C18H23NO3S. The van der Waals surface area contributed by atoms with Gasteiger partial charge in [-0.05, 0) is 49.3 Å². The van der Waals surface area contributed by atoms with Gasteiger partial charge in [0.05, 0.1) is 12.2 Å². The van der Waals surface area contributed by atoms with E-state index in [-0.39, 0.29) is 18.4 Å². The van der Waals surface area contributed by atoms with Gasteiger partial charge in [-0.3, -0.25) is 4.79 Å². The number of benzene rings is 1. The van der Waals surface area contributed by atoms with Crippen LogP contribution < -0.4 is 10.1 Å². The summed E-state index contributed by atoms with van der Waals surface area (Å²) in [4.78, 5) is 13.6. The van der Waals surface area contributed by atoms with Gasteiger partial charge in [-0.1, -0.05) is 18.2 Å². The average Bonchev–Trinajstić information content (AvgIpc) is 3.09. The van der Waals surface area contributed by atoms with Crippen LogP contribution in [0.25, 0.3) is 0 Å². The molecule has 0 aliphatic carbocycles. The fraction of sp³-hybridized carbons (Fsp3) is 0.389. The molecule has 5 heteroatoms. The van der Waals surface area contributed by atoms with Crippen LogP contribution in [0.1, 0.15) is 40.9 Å². The molecule has 0 aliphatic rings. The third-order valence-electron chi connectivity index (χ3n) is 3.63. The van der Waals surface area contributed by atoms with Crippen molar-refractivity contribution >= 4 is 17.2 Å². The number of thiophene rings is 1. The molecule has 0 aliphatic heterocycles. The fourth-order valence-corrected chi connectivity index (χ4v) is 3.40. The van der Waals surface area contributed by atoms with Crippen LogP contribution in [0.4, 0.5) is 0 Å². The first-order valence-electron chi connectivity index (χ1n) is 7.90. The summed E-state index contributed by atoms with van der Waals surface area (Å²) in [6.07, 6.45) is 1.52. The largest absolute Gasteiger partial charge is 0.493 e. The van der Waals surface area contributed by atoms with Gasteiger partial charge in [0.15, 0.2) is 0 Å². The number of carbonyl (C=O) groups excluding carboxylic acids is 1. The van der Waals surface area contributed by atoms with Crippen molar-refractivity contribution < 1.29 is 14.6 Å². The van der Waals surface area contributed by atoms with Crippen LogP contribution in [0.15, 0.2) is 41.8 Å². The fourth-order valence-electron chi connectivity index (χ4n) is 2.50. The van der Waals surface area contributed by atoms with Crippen molar-refractivity contribution in [3.63, 3.8) is 0 Å². The Labute approximate surface area is 141 Å². The van der Waals surface area contributed by atoms with E-state index in [9.17, 15) is 9.90 Å². The maximum atomic E-state index is 12.3. The minimum absolute atomic E-state index is 0.122. The Morgan fingerprint density at radius 2 is 2.09 bits per heavy atom. The molecule has 1 heterocycles. The van der Waals surface area contributed by atoms with Gasteiger partial charge in [-0.15, -0.1) is 11.3 Å². The topological polar surface area (TPSA) is 58.6 Å². The van der Waals surface area contributed by atoms with Crippen LogP contribution in [-0.4, -0.2) is 30.8 Å². The smallest absolute Gasteiger partial charge is 0.255 e. The molecule has 124 valence electrons. The maximum absolute atomic E-state index is 12.3. The standard InChI is InChI=1S/C18H23NO3S/c1-2-22-16-7-4-3-6-15(16)18(21)19-11-9-14(10-12-20)17-8-5-13-23-17/h3-8,13-14,20H,2,9-12H2,1H3,(H,19,21). The minimum Gasteiger partial charge on any atom is -0.493 e. The Kier molecular flexibility index (Phi) is 7.10. The van der Waals surface area contributed by atoms with E-state index >= 15 is 0 Å². The highest BCUT2D eigenvalue weighted by atomic mass is 32.1. The van der Waals surface area contributed by atoms with Crippen molar-refractivity contribution in [3.8, 4) is 5.75 Å². The summed E-state index contributed by atoms with van der Waals surface area (Å²) >= 11 is 1.69.